The Morgan fingerprint density at radius 2 is 0.610 bits per heavy atom. The topological polar surface area (TPSA) is 45.5 Å². The molecule has 0 spiro atoms. The molecule has 0 aliphatic carbocycles. The first-order valence-corrected chi connectivity index (χ1v) is 23.4. The van der Waals surface area contributed by atoms with Crippen LogP contribution in [0.1, 0.15) is 118 Å². The number of nitrogens with zero attached hydrogens (tertiary/aromatic N) is 4. The van der Waals surface area contributed by atoms with Gasteiger partial charge in [0.2, 0.25) is 0 Å². The van der Waals surface area contributed by atoms with Gasteiger partial charge in [0, 0.05) is 0 Å². The van der Waals surface area contributed by atoms with E-state index in [1.165, 1.54) is 0 Å². The van der Waals surface area contributed by atoms with E-state index in [1.54, 1.807) is 0 Å². The minimum absolute atomic E-state index is 0. The molecule has 0 aliphatic heterocycles. The van der Waals surface area contributed by atoms with E-state index in [0.29, 0.717) is 49.9 Å². The van der Waals surface area contributed by atoms with Gasteiger partial charge in [0.25, 0.3) is 0 Å². The van der Waals surface area contributed by atoms with Crippen molar-refractivity contribution in [1.82, 2.24) is 4.90 Å². The second-order valence-electron chi connectivity index (χ2n) is 15.3. The fourth-order valence-electron chi connectivity index (χ4n) is 8.91. The smallest absolute Gasteiger partial charge is 0.664 e. The van der Waals surface area contributed by atoms with Crippen LogP contribution in [0.15, 0.2) is 0 Å². The second-order valence-corrected chi connectivity index (χ2v) is 31.8. The summed E-state index contributed by atoms with van der Waals surface area (Å²) in [5, 5.41) is 0. The maximum atomic E-state index is 5.62. The van der Waals surface area contributed by atoms with Crippen LogP contribution in [-0.2, 0) is 0 Å². The van der Waals surface area contributed by atoms with Gasteiger partial charge >= 0.3 is 31.1 Å². The quantitative estimate of drug-likeness (QED) is 0.0838. The predicted octanol–water partition coefficient (Wildman–Crippen LogP) is 11.8. The number of rotatable bonds is 21. The molecular weight excluding hydrogens is 775 g/mol. The van der Waals surface area contributed by atoms with Gasteiger partial charge in [-0.05, 0) is 36.1 Å². The molecule has 0 aromatic rings. The zero-order chi connectivity index (χ0) is 31.6. The molecule has 242 valence electrons. The molecule has 0 N–H and O–H groups in total. The van der Waals surface area contributed by atoms with Gasteiger partial charge in [-0.3, -0.25) is 0 Å². The van der Waals surface area contributed by atoms with Crippen molar-refractivity contribution in [1.29, 1.82) is 0 Å². The van der Waals surface area contributed by atoms with Gasteiger partial charge in [0.15, 0.2) is 0 Å². The first kappa shape index (κ1) is 44.7. The van der Waals surface area contributed by atoms with Crippen LogP contribution < -0.4 is 0 Å². The molecule has 0 aromatic carbocycles. The van der Waals surface area contributed by atoms with Crippen molar-refractivity contribution < 1.29 is 31.1 Å². The third-order valence-electron chi connectivity index (χ3n) is 10.6. The maximum Gasteiger partial charge on any atom is 4.00 e. The van der Waals surface area contributed by atoms with E-state index >= 15 is 0 Å². The molecule has 0 rings (SSSR count). The van der Waals surface area contributed by atoms with E-state index < -0.39 is 24.7 Å². The van der Waals surface area contributed by atoms with Crippen molar-refractivity contribution in [3.8, 4) is 0 Å². The monoisotopic (exact) mass is 849 g/mol. The van der Waals surface area contributed by atoms with Crippen molar-refractivity contribution in [2.24, 2.45) is 0 Å². The van der Waals surface area contributed by atoms with Gasteiger partial charge in [-0.1, -0.05) is 170 Å². The summed E-state index contributed by atoms with van der Waals surface area (Å²) in [6.07, 6.45) is 0. The Morgan fingerprint density at radius 3 is 0.780 bits per heavy atom. The first-order valence-electron chi connectivity index (χ1n) is 16.9. The van der Waals surface area contributed by atoms with E-state index in [4.69, 9.17) is 14.9 Å². The van der Waals surface area contributed by atoms with Gasteiger partial charge in [0.1, 0.15) is 0 Å². The van der Waals surface area contributed by atoms with Gasteiger partial charge in [-0.25, -0.2) is 0 Å². The van der Waals surface area contributed by atoms with Crippen LogP contribution >= 0.6 is 0 Å². The molecule has 0 saturated heterocycles. The summed E-state index contributed by atoms with van der Waals surface area (Å²) >= 11 is 0. The normalized spacial score (nSPS) is 14.7. The summed E-state index contributed by atoms with van der Waals surface area (Å²) in [5.41, 5.74) is 5.67. The largest absolute Gasteiger partial charge is 4.00 e. The van der Waals surface area contributed by atoms with Crippen LogP contribution in [0.3, 0.4) is 0 Å². The molecule has 0 fully saturated rings. The van der Waals surface area contributed by atoms with Crippen LogP contribution in [0.25, 0.3) is 14.9 Å². The Morgan fingerprint density at radius 1 is 0.415 bits per heavy atom. The summed E-state index contributed by atoms with van der Waals surface area (Å²) in [4.78, 5) is 19.5. The Bertz CT molecular complexity index is 526. The fourth-order valence-corrected chi connectivity index (χ4v) is 25.2. The van der Waals surface area contributed by atoms with Gasteiger partial charge in [-0.15, -0.1) is 19.6 Å². The van der Waals surface area contributed by atoms with E-state index in [1.807, 2.05) is 0 Å². The SMILES string of the molecule is [CH2-]C(C)[Si]([N-]CCN(CC[N-][Si](C(C)C)(C(C)C)C(C)C)CC[N-][Si](C(C)C)(C(C)C)C(C)C)(C(C)C)C(C)C.[U+4]. The summed E-state index contributed by atoms with van der Waals surface area (Å²) in [6, 6.07) is 0. The Balaban J connectivity index is 0. The van der Waals surface area contributed by atoms with Crippen molar-refractivity contribution in [3.63, 3.8) is 0 Å². The predicted molar refractivity (Wildman–Crippen MR) is 194 cm³/mol. The molecule has 1 atom stereocenters. The van der Waals surface area contributed by atoms with Crippen LogP contribution in [0.2, 0.25) is 49.9 Å². The second kappa shape index (κ2) is 19.9. The van der Waals surface area contributed by atoms with E-state index in [0.717, 1.165) is 39.3 Å². The number of hydrogen-bond acceptors (Lipinski definition) is 1. The molecule has 0 bridgehead atoms. The Kier molecular flexibility index (Phi) is 21.7. The third-order valence-corrected chi connectivity index (χ3v) is 29.3. The molecule has 1 unspecified atom stereocenters. The first-order chi connectivity index (χ1) is 18.3. The van der Waals surface area contributed by atoms with Gasteiger partial charge in [0.05, 0.1) is 0 Å². The average molecular weight is 849 g/mol. The zero-order valence-corrected chi connectivity index (χ0v) is 38.1. The zero-order valence-electron chi connectivity index (χ0n) is 30.9. The number of hydrogen-bond donors (Lipinski definition) is 0. The minimum atomic E-state index is -1.85. The summed E-state index contributed by atoms with van der Waals surface area (Å²) in [5.74, 6) is 0. The van der Waals surface area contributed by atoms with E-state index in [9.17, 15) is 0 Å². The summed E-state index contributed by atoms with van der Waals surface area (Å²) in [6.45, 7) is 51.3. The van der Waals surface area contributed by atoms with Crippen LogP contribution in [0, 0.1) is 38.0 Å². The molecule has 0 amide bonds. The average Bonchev–Trinajstić information content (AvgIpc) is 2.79. The molecule has 0 radical (unpaired) electrons. The molecule has 4 nitrogen and oxygen atoms in total. The van der Waals surface area contributed by atoms with Crippen LogP contribution in [0.5, 0.6) is 0 Å². The molecule has 0 heterocycles. The summed E-state index contributed by atoms with van der Waals surface area (Å²) < 4.78 is 0. The van der Waals surface area contributed by atoms with Crippen LogP contribution in [0.4, 0.5) is 0 Å². The Hall–Kier alpha value is 1.54. The van der Waals surface area contributed by atoms with Crippen LogP contribution in [-0.4, -0.2) is 68.9 Å². The summed E-state index contributed by atoms with van der Waals surface area (Å²) in [7, 11) is -5.35. The molecular formula is C33H74N4Si3U. The molecule has 0 saturated carbocycles. The molecule has 0 aliphatic rings. The van der Waals surface area contributed by atoms with Crippen molar-refractivity contribution in [3.05, 3.63) is 21.9 Å². The minimum Gasteiger partial charge on any atom is -0.664 e. The van der Waals surface area contributed by atoms with Gasteiger partial charge in [-0.2, -0.15) is 5.54 Å². The standard InChI is InChI=1S/C33H74N4Si3.U/c1-25(2)38(26(3)4,27(5)6)34-19-22-37(23-20-35-39(28(7)8,29(9)10)30(11)12)24-21-36-40(31(13)14,32(15)16)33(17)18;/h25-33H,1,19-24H2,2-18H3;/q-4;+4. The third kappa shape index (κ3) is 11.1. The maximum absolute atomic E-state index is 5.62. The Labute approximate surface area is 287 Å². The van der Waals surface area contributed by atoms with Crippen molar-refractivity contribution in [2.45, 2.75) is 168 Å². The fraction of sp³-hybridized carbons (Fsp3) is 0.970. The van der Waals surface area contributed by atoms with Gasteiger partial charge < -0.3 is 26.8 Å². The van der Waals surface area contributed by atoms with E-state index in [-0.39, 0.29) is 31.1 Å². The molecule has 8 heteroatoms. The van der Waals surface area contributed by atoms with E-state index in [2.05, 4.69) is 130 Å². The van der Waals surface area contributed by atoms with Crippen molar-refractivity contribution >= 4 is 24.7 Å². The van der Waals surface area contributed by atoms with Crippen molar-refractivity contribution in [2.75, 3.05) is 39.3 Å². The molecule has 41 heavy (non-hydrogen) atoms. The molecule has 0 aromatic heterocycles.